The lowest BCUT2D eigenvalue weighted by atomic mass is 10.5. The smallest absolute Gasteiger partial charge is 0.236 e. The number of rotatable bonds is 4. The fourth-order valence-electron chi connectivity index (χ4n) is 0.363. The van der Waals surface area contributed by atoms with Gasteiger partial charge in [0.15, 0.2) is 0 Å². The lowest BCUT2D eigenvalue weighted by molar-refractivity contribution is -0.117. The van der Waals surface area contributed by atoms with Gasteiger partial charge in [0.05, 0.1) is 0 Å². The molecule has 0 saturated carbocycles. The number of halogens is 1. The van der Waals surface area contributed by atoms with Gasteiger partial charge in [-0.2, -0.15) is 0 Å². The quantitative estimate of drug-likeness (QED) is 0.617. The number of alkyl halides is 1. The SMILES string of the molecule is CCS(=O)CC(Cl)C(N)=O. The first-order valence-electron chi connectivity index (χ1n) is 2.86. The number of hydrogen-bond acceptors (Lipinski definition) is 2. The molecule has 2 atom stereocenters. The van der Waals surface area contributed by atoms with E-state index in [1.54, 1.807) is 6.92 Å². The minimum absolute atomic E-state index is 0.160. The Morgan fingerprint density at radius 1 is 1.80 bits per heavy atom. The first kappa shape index (κ1) is 9.91. The maximum Gasteiger partial charge on any atom is 0.236 e. The number of nitrogens with two attached hydrogens (primary N) is 1. The fraction of sp³-hybridized carbons (Fsp3) is 0.800. The van der Waals surface area contributed by atoms with Gasteiger partial charge >= 0.3 is 0 Å². The van der Waals surface area contributed by atoms with E-state index in [2.05, 4.69) is 0 Å². The number of primary amides is 1. The summed E-state index contributed by atoms with van der Waals surface area (Å²) in [7, 11) is -1.01. The van der Waals surface area contributed by atoms with Crippen molar-refractivity contribution in [1.29, 1.82) is 0 Å². The number of carbonyl (C=O) groups is 1. The molecule has 0 aliphatic heterocycles. The summed E-state index contributed by atoms with van der Waals surface area (Å²) in [6, 6.07) is 0. The Morgan fingerprint density at radius 3 is 2.60 bits per heavy atom. The van der Waals surface area contributed by atoms with Gasteiger partial charge in [-0.3, -0.25) is 9.00 Å². The molecule has 0 aromatic rings. The largest absolute Gasteiger partial charge is 0.368 e. The average molecular weight is 184 g/mol. The first-order valence-corrected chi connectivity index (χ1v) is 4.78. The predicted octanol–water partition coefficient (Wildman–Crippen LogP) is -0.152. The zero-order valence-corrected chi connectivity index (χ0v) is 7.24. The minimum atomic E-state index is -1.01. The van der Waals surface area contributed by atoms with Crippen LogP contribution in [-0.4, -0.2) is 27.0 Å². The van der Waals surface area contributed by atoms with Crippen molar-refractivity contribution in [3.8, 4) is 0 Å². The molecule has 0 aromatic carbocycles. The highest BCUT2D eigenvalue weighted by Gasteiger charge is 2.13. The maximum atomic E-state index is 10.7. The lowest BCUT2D eigenvalue weighted by Gasteiger charge is -2.01. The Balaban J connectivity index is 3.68. The Morgan fingerprint density at radius 2 is 2.30 bits per heavy atom. The van der Waals surface area contributed by atoms with Crippen molar-refractivity contribution in [1.82, 2.24) is 0 Å². The van der Waals surface area contributed by atoms with Crippen molar-refractivity contribution >= 4 is 28.3 Å². The van der Waals surface area contributed by atoms with E-state index in [0.717, 1.165) is 0 Å². The molecule has 0 fully saturated rings. The summed E-state index contributed by atoms with van der Waals surface area (Å²) < 4.78 is 10.7. The maximum absolute atomic E-state index is 10.7. The standard InChI is InChI=1S/C5H10ClNO2S/c1-2-10(9)3-4(6)5(7)8/h4H,2-3H2,1H3,(H2,7,8). The first-order chi connectivity index (χ1) is 4.57. The highest BCUT2D eigenvalue weighted by Crippen LogP contribution is 1.97. The molecule has 0 aromatic heterocycles. The van der Waals surface area contributed by atoms with Gasteiger partial charge in [0.25, 0.3) is 0 Å². The molecule has 1 amide bonds. The third-order valence-electron chi connectivity index (χ3n) is 0.963. The molecule has 0 spiro atoms. The molecule has 0 bridgehead atoms. The Kier molecular flexibility index (Phi) is 4.64. The van der Waals surface area contributed by atoms with Crippen LogP contribution >= 0.6 is 11.6 Å². The average Bonchev–Trinajstić information content (AvgIpc) is 1.87. The van der Waals surface area contributed by atoms with E-state index in [9.17, 15) is 9.00 Å². The molecular weight excluding hydrogens is 174 g/mol. The molecule has 2 unspecified atom stereocenters. The van der Waals surface area contributed by atoms with Crippen molar-refractivity contribution in [2.45, 2.75) is 12.3 Å². The molecule has 0 heterocycles. The molecule has 0 rings (SSSR count). The van der Waals surface area contributed by atoms with E-state index in [-0.39, 0.29) is 5.75 Å². The topological polar surface area (TPSA) is 60.2 Å². The third kappa shape index (κ3) is 3.85. The van der Waals surface area contributed by atoms with E-state index in [1.165, 1.54) is 0 Å². The van der Waals surface area contributed by atoms with E-state index in [0.29, 0.717) is 5.75 Å². The van der Waals surface area contributed by atoms with Crippen molar-refractivity contribution in [2.24, 2.45) is 5.73 Å². The van der Waals surface area contributed by atoms with Crippen LogP contribution in [0.5, 0.6) is 0 Å². The summed E-state index contributed by atoms with van der Waals surface area (Å²) in [5.74, 6) is 0.0626. The van der Waals surface area contributed by atoms with E-state index >= 15 is 0 Å². The van der Waals surface area contributed by atoms with Crippen LogP contribution in [0.3, 0.4) is 0 Å². The molecule has 60 valence electrons. The van der Waals surface area contributed by atoms with Gasteiger partial charge in [-0.1, -0.05) is 6.92 Å². The predicted molar refractivity (Wildman–Crippen MR) is 42.4 cm³/mol. The Bertz CT molecular complexity index is 151. The fourth-order valence-corrected chi connectivity index (χ4v) is 1.51. The van der Waals surface area contributed by atoms with E-state index in [1.807, 2.05) is 0 Å². The molecule has 0 saturated heterocycles. The van der Waals surface area contributed by atoms with E-state index in [4.69, 9.17) is 17.3 Å². The molecular formula is C5H10ClNO2S. The van der Waals surface area contributed by atoms with Crippen LogP contribution in [0.15, 0.2) is 0 Å². The molecule has 0 aliphatic rings. The third-order valence-corrected chi connectivity index (χ3v) is 2.86. The van der Waals surface area contributed by atoms with E-state index < -0.39 is 22.1 Å². The van der Waals surface area contributed by atoms with Crippen LogP contribution in [-0.2, 0) is 15.6 Å². The lowest BCUT2D eigenvalue weighted by Crippen LogP contribution is -2.28. The minimum Gasteiger partial charge on any atom is -0.368 e. The van der Waals surface area contributed by atoms with Gasteiger partial charge in [0, 0.05) is 22.3 Å². The van der Waals surface area contributed by atoms with Crippen LogP contribution < -0.4 is 5.73 Å². The molecule has 3 nitrogen and oxygen atoms in total. The zero-order chi connectivity index (χ0) is 8.15. The van der Waals surface area contributed by atoms with Gasteiger partial charge in [-0.25, -0.2) is 0 Å². The highest BCUT2D eigenvalue weighted by molar-refractivity contribution is 7.85. The highest BCUT2D eigenvalue weighted by atomic mass is 35.5. The van der Waals surface area contributed by atoms with Gasteiger partial charge in [0.1, 0.15) is 5.38 Å². The van der Waals surface area contributed by atoms with Crippen LogP contribution in [0.2, 0.25) is 0 Å². The second-order valence-electron chi connectivity index (χ2n) is 1.77. The molecule has 10 heavy (non-hydrogen) atoms. The number of amides is 1. The normalized spacial score (nSPS) is 16.2. The summed E-state index contributed by atoms with van der Waals surface area (Å²) in [4.78, 5) is 10.3. The van der Waals surface area contributed by atoms with Gasteiger partial charge in [-0.05, 0) is 0 Å². The summed E-state index contributed by atoms with van der Waals surface area (Å²) in [6.45, 7) is 1.76. The van der Waals surface area contributed by atoms with Gasteiger partial charge in [-0.15, -0.1) is 11.6 Å². The molecule has 2 N–H and O–H groups in total. The Labute approximate surface area is 67.4 Å². The monoisotopic (exact) mass is 183 g/mol. The van der Waals surface area contributed by atoms with Gasteiger partial charge < -0.3 is 5.73 Å². The zero-order valence-electron chi connectivity index (χ0n) is 5.67. The van der Waals surface area contributed by atoms with Crippen LogP contribution in [0, 0.1) is 0 Å². The van der Waals surface area contributed by atoms with Crippen LogP contribution in [0.25, 0.3) is 0 Å². The van der Waals surface area contributed by atoms with Crippen molar-refractivity contribution in [3.63, 3.8) is 0 Å². The summed E-state index contributed by atoms with van der Waals surface area (Å²) in [5, 5.41) is -0.791. The molecule has 5 heteroatoms. The number of carbonyl (C=O) groups excluding carboxylic acids is 1. The summed E-state index contributed by atoms with van der Waals surface area (Å²) >= 11 is 5.42. The van der Waals surface area contributed by atoms with Gasteiger partial charge in [0.2, 0.25) is 5.91 Å². The van der Waals surface area contributed by atoms with Crippen LogP contribution in [0.4, 0.5) is 0 Å². The van der Waals surface area contributed by atoms with Crippen molar-refractivity contribution < 1.29 is 9.00 Å². The second kappa shape index (κ2) is 4.68. The molecule has 0 aliphatic carbocycles. The summed E-state index contributed by atoms with van der Waals surface area (Å²) in [5.41, 5.74) is 4.83. The van der Waals surface area contributed by atoms with Crippen LogP contribution in [0.1, 0.15) is 6.92 Å². The molecule has 0 radical (unpaired) electrons. The Hall–Kier alpha value is -0.0900. The summed E-state index contributed by atoms with van der Waals surface area (Å²) in [6.07, 6.45) is 0. The van der Waals surface area contributed by atoms with Crippen molar-refractivity contribution in [2.75, 3.05) is 11.5 Å². The second-order valence-corrected chi connectivity index (χ2v) is 4.08. The number of hydrogen-bond donors (Lipinski definition) is 1. The van der Waals surface area contributed by atoms with Crippen molar-refractivity contribution in [3.05, 3.63) is 0 Å².